The summed E-state index contributed by atoms with van der Waals surface area (Å²) < 4.78 is 41.6. The van der Waals surface area contributed by atoms with E-state index in [2.05, 4.69) is 11.1 Å². The van der Waals surface area contributed by atoms with Crippen molar-refractivity contribution in [2.75, 3.05) is 21.3 Å². The van der Waals surface area contributed by atoms with Crippen LogP contribution in [0, 0.1) is 17.8 Å². The van der Waals surface area contributed by atoms with Crippen molar-refractivity contribution in [2.24, 2.45) is 17.8 Å². The molecule has 15 atom stereocenters. The highest BCUT2D eigenvalue weighted by Gasteiger charge is 2.46. The van der Waals surface area contributed by atoms with Crippen molar-refractivity contribution in [3.8, 4) is 0 Å². The second-order valence-corrected chi connectivity index (χ2v) is 16.7. The van der Waals surface area contributed by atoms with Crippen molar-refractivity contribution in [3.63, 3.8) is 0 Å². The predicted octanol–water partition coefficient (Wildman–Crippen LogP) is 7.27. The summed E-state index contributed by atoms with van der Waals surface area (Å²) in [6.45, 7) is 15.0. The fraction of sp³-hybridized carbons (Fsp3) is 0.560. The van der Waals surface area contributed by atoms with E-state index >= 15 is 0 Å². The molecule has 3 rings (SSSR count). The van der Waals surface area contributed by atoms with E-state index in [1.54, 1.807) is 63.7 Å². The number of rotatable bonds is 9. The Balaban J connectivity index is 1.98. The second-order valence-electron chi connectivity index (χ2n) is 16.7. The van der Waals surface area contributed by atoms with Gasteiger partial charge in [-0.2, -0.15) is 0 Å². The first kappa shape index (κ1) is 53.3. The van der Waals surface area contributed by atoms with E-state index in [0.717, 1.165) is 11.1 Å². The topological polar surface area (TPSA) is 179 Å². The Morgan fingerprint density at radius 2 is 1.46 bits per heavy atom. The molecular formula is C50H73NO12. The van der Waals surface area contributed by atoms with E-state index in [1.807, 2.05) is 90.2 Å². The number of carbonyl (C=O) groups excluding carboxylic acids is 1. The van der Waals surface area contributed by atoms with Gasteiger partial charge in [0.05, 0.1) is 42.5 Å². The number of cyclic esters (lactones) is 1. The maximum Gasteiger partial charge on any atom is 0.331 e. The van der Waals surface area contributed by atoms with Crippen LogP contribution >= 0.6 is 0 Å². The quantitative estimate of drug-likeness (QED) is 0.182. The molecule has 1 aromatic heterocycles. The van der Waals surface area contributed by atoms with Crippen LogP contribution in [0.15, 0.2) is 113 Å². The maximum atomic E-state index is 13.1. The minimum absolute atomic E-state index is 0.140. The smallest absolute Gasteiger partial charge is 0.331 e. The molecule has 0 amide bonds. The molecule has 0 spiro atoms. The molecule has 2 bridgehead atoms. The molecule has 0 aromatic carbocycles. The summed E-state index contributed by atoms with van der Waals surface area (Å²) in [6.07, 6.45) is 23.1. The first-order valence-electron chi connectivity index (χ1n) is 21.8. The van der Waals surface area contributed by atoms with Crippen LogP contribution in [0.2, 0.25) is 0 Å². The van der Waals surface area contributed by atoms with Gasteiger partial charge in [-0.3, -0.25) is 0 Å². The molecule has 13 heteroatoms. The van der Waals surface area contributed by atoms with Gasteiger partial charge in [0.2, 0.25) is 0 Å². The lowest BCUT2D eigenvalue weighted by molar-refractivity contribution is -0.310. The van der Waals surface area contributed by atoms with Crippen molar-refractivity contribution in [1.29, 1.82) is 0 Å². The van der Waals surface area contributed by atoms with E-state index < -0.39 is 79.2 Å². The highest BCUT2D eigenvalue weighted by atomic mass is 16.7. The number of esters is 1. The lowest BCUT2D eigenvalue weighted by atomic mass is 9.83. The van der Waals surface area contributed by atoms with Crippen LogP contribution in [0.1, 0.15) is 85.7 Å². The average molecular weight is 880 g/mol. The average Bonchev–Trinajstić information content (AvgIpc) is 3.72. The molecule has 63 heavy (non-hydrogen) atoms. The van der Waals surface area contributed by atoms with Crippen LogP contribution in [-0.2, 0) is 33.2 Å². The van der Waals surface area contributed by atoms with Gasteiger partial charge in [-0.1, -0.05) is 124 Å². The number of ether oxygens (including phenoxy) is 6. The number of nitrogens with zero attached hydrogens (tertiary/aromatic N) is 1. The minimum Gasteiger partial charge on any atom is -0.458 e. The summed E-state index contributed by atoms with van der Waals surface area (Å²) in [5.74, 6) is -1.26. The number of allylic oxidation sites excluding steroid dienone is 12. The molecule has 0 unspecified atom stereocenters. The van der Waals surface area contributed by atoms with E-state index in [4.69, 9.17) is 32.8 Å². The first-order chi connectivity index (χ1) is 30.0. The Bertz CT molecular complexity index is 1800. The molecule has 2 aliphatic heterocycles. The minimum atomic E-state index is -0.903. The normalized spacial score (nSPS) is 37.8. The molecule has 4 N–H and O–H groups in total. The fourth-order valence-electron chi connectivity index (χ4n) is 7.54. The van der Waals surface area contributed by atoms with E-state index in [0.29, 0.717) is 18.0 Å². The molecule has 1 fully saturated rings. The molecule has 350 valence electrons. The summed E-state index contributed by atoms with van der Waals surface area (Å²) >= 11 is 0. The van der Waals surface area contributed by atoms with Gasteiger partial charge in [0.1, 0.15) is 36.4 Å². The van der Waals surface area contributed by atoms with Crippen molar-refractivity contribution in [2.45, 2.75) is 141 Å². The van der Waals surface area contributed by atoms with Gasteiger partial charge < -0.3 is 53.3 Å². The van der Waals surface area contributed by atoms with Crippen LogP contribution in [0.5, 0.6) is 0 Å². The molecule has 0 aliphatic carbocycles. The van der Waals surface area contributed by atoms with E-state index in [1.165, 1.54) is 20.3 Å². The Morgan fingerprint density at radius 3 is 2.13 bits per heavy atom. The number of aliphatic hydroxyl groups is 4. The Morgan fingerprint density at radius 1 is 0.810 bits per heavy atom. The summed E-state index contributed by atoms with van der Waals surface area (Å²) in [5.41, 5.74) is 2.48. The summed E-state index contributed by atoms with van der Waals surface area (Å²) in [6, 6.07) is 0. The molecule has 1 saturated heterocycles. The summed E-state index contributed by atoms with van der Waals surface area (Å²) in [5, 5.41) is 42.5. The number of hydrogen-bond donors (Lipinski definition) is 4. The SMILES string of the molecule is CO[C@@H]1[C@@H](O)[C@H](C)O[C@@H](O[C@H]2/C=C\C=C/c3coc(n3)[C@@H](C)[C@H](OC)C[C@@H](O)\C=C/C=C\C=C(\C)[C@H](C)[C@@H]([C@@H](C)[C@@H](O)C[C@@H](C)O)OC(=O)\C=C/C=C\C=C/C(C)=C\[C@H]2C)[C@@H]1OC. The molecule has 13 nitrogen and oxygen atoms in total. The molecule has 2 aliphatic rings. The van der Waals surface area contributed by atoms with Gasteiger partial charge in [0, 0.05) is 51.6 Å². The van der Waals surface area contributed by atoms with Gasteiger partial charge in [-0.15, -0.1) is 0 Å². The molecule has 3 heterocycles. The number of fused-ring (bicyclic) bond motifs is 2. The second kappa shape index (κ2) is 27.3. The van der Waals surface area contributed by atoms with Crippen LogP contribution in [0.4, 0.5) is 0 Å². The van der Waals surface area contributed by atoms with Gasteiger partial charge in [0.15, 0.2) is 12.2 Å². The lowest BCUT2D eigenvalue weighted by Crippen LogP contribution is -2.59. The third-order valence-electron chi connectivity index (χ3n) is 11.6. The number of aromatic nitrogens is 1. The number of aliphatic hydroxyl groups excluding tert-OH is 4. The largest absolute Gasteiger partial charge is 0.458 e. The number of hydrogen-bond acceptors (Lipinski definition) is 13. The zero-order valence-electron chi connectivity index (χ0n) is 38.9. The molecular weight excluding hydrogens is 807 g/mol. The highest BCUT2D eigenvalue weighted by Crippen LogP contribution is 2.30. The molecule has 0 radical (unpaired) electrons. The zero-order chi connectivity index (χ0) is 46.6. The van der Waals surface area contributed by atoms with E-state index in [-0.39, 0.29) is 24.2 Å². The third-order valence-corrected chi connectivity index (χ3v) is 11.6. The van der Waals surface area contributed by atoms with Gasteiger partial charge in [-0.25, -0.2) is 9.78 Å². The Hall–Kier alpha value is -4.02. The van der Waals surface area contributed by atoms with E-state index in [9.17, 15) is 25.2 Å². The third kappa shape index (κ3) is 17.1. The maximum absolute atomic E-state index is 13.1. The van der Waals surface area contributed by atoms with Crippen molar-refractivity contribution in [3.05, 3.63) is 120 Å². The molecule has 0 saturated carbocycles. The molecule has 1 aromatic rings. The zero-order valence-corrected chi connectivity index (χ0v) is 38.9. The van der Waals surface area contributed by atoms with Gasteiger partial charge in [-0.05, 0) is 40.2 Å². The number of carbonyl (C=O) groups is 1. The number of methoxy groups -OCH3 is 3. The number of oxazole rings is 1. The van der Waals surface area contributed by atoms with Crippen LogP contribution < -0.4 is 0 Å². The highest BCUT2D eigenvalue weighted by molar-refractivity contribution is 5.82. The van der Waals surface area contributed by atoms with Gasteiger partial charge in [0.25, 0.3) is 0 Å². The summed E-state index contributed by atoms with van der Waals surface area (Å²) in [4.78, 5) is 17.8. The lowest BCUT2D eigenvalue weighted by Gasteiger charge is -2.43. The van der Waals surface area contributed by atoms with Crippen LogP contribution in [0.3, 0.4) is 0 Å². The fourth-order valence-corrected chi connectivity index (χ4v) is 7.54. The van der Waals surface area contributed by atoms with Crippen LogP contribution in [-0.4, -0.2) is 120 Å². The van der Waals surface area contributed by atoms with Crippen molar-refractivity contribution in [1.82, 2.24) is 4.98 Å². The Labute approximate surface area is 374 Å². The summed E-state index contributed by atoms with van der Waals surface area (Å²) in [7, 11) is 4.64. The Kier molecular flexibility index (Phi) is 23.1. The monoisotopic (exact) mass is 880 g/mol. The first-order valence-corrected chi connectivity index (χ1v) is 21.8. The van der Waals surface area contributed by atoms with Crippen molar-refractivity contribution < 1.29 is 58.1 Å². The van der Waals surface area contributed by atoms with Gasteiger partial charge >= 0.3 is 5.97 Å². The van der Waals surface area contributed by atoms with Crippen LogP contribution in [0.25, 0.3) is 6.08 Å². The predicted molar refractivity (Wildman–Crippen MR) is 244 cm³/mol. The van der Waals surface area contributed by atoms with Crippen molar-refractivity contribution >= 4 is 12.0 Å². The standard InChI is InChI=1S/C50H73NO12/c1-31-21-15-12-13-18-26-44(55)63-46(36(6)41(54)28-34(4)52)35(5)32(2)22-16-14-17-24-40(53)29-43(57-9)37(7)49-51-39(30-60-49)23-19-20-25-42(33(3)27-31)62-50-48(59-11)47(58-10)45(56)38(8)61-50/h12-27,30,33-38,40-43,45-48,50,52-54,56H,28-29H2,1-11H3/b13-12-,16-14-,21-15-,23-19-,24-17-,25-20-,26-18-,31-27-,32-22-/t33-,34-,35+,36+,37+,38+,40+,41+,42+,43-,45+,46+,47-,48-,50+/m1/s1.